The van der Waals surface area contributed by atoms with Gasteiger partial charge in [-0.2, -0.15) is 0 Å². The summed E-state index contributed by atoms with van der Waals surface area (Å²) in [4.78, 5) is 25.8. The summed E-state index contributed by atoms with van der Waals surface area (Å²) in [6, 6.07) is 10.9. The Hall–Kier alpha value is -3.04. The Labute approximate surface area is 204 Å². The summed E-state index contributed by atoms with van der Waals surface area (Å²) in [6.07, 6.45) is 5.71. The zero-order valence-electron chi connectivity index (χ0n) is 18.4. The van der Waals surface area contributed by atoms with Gasteiger partial charge in [-0.3, -0.25) is 9.59 Å². The number of carbonyl (C=O) groups is 2. The lowest BCUT2D eigenvalue weighted by atomic mass is 9.87. The number of carbonyl (C=O) groups excluding carboxylic acids is 2. The first-order valence-electron chi connectivity index (χ1n) is 11.0. The third-order valence-corrected chi connectivity index (χ3v) is 6.60. The van der Waals surface area contributed by atoms with Crippen molar-refractivity contribution in [3.05, 3.63) is 76.4 Å². The summed E-state index contributed by atoms with van der Waals surface area (Å²) in [5.74, 6) is -1.30. The highest BCUT2D eigenvalue weighted by atomic mass is 79.9. The van der Waals surface area contributed by atoms with Gasteiger partial charge >= 0.3 is 0 Å². The smallest absolute Gasteiger partial charge is 0.245 e. The molecule has 1 aliphatic rings. The van der Waals surface area contributed by atoms with E-state index in [0.717, 1.165) is 10.9 Å². The van der Waals surface area contributed by atoms with Gasteiger partial charge in [-0.1, -0.05) is 6.07 Å². The van der Waals surface area contributed by atoms with Crippen LogP contribution in [0.5, 0.6) is 0 Å². The van der Waals surface area contributed by atoms with E-state index in [1.807, 2.05) is 16.8 Å². The van der Waals surface area contributed by atoms with Gasteiger partial charge in [-0.25, -0.2) is 8.78 Å². The van der Waals surface area contributed by atoms with Gasteiger partial charge in [0.05, 0.1) is 4.47 Å². The molecule has 4 rings (SSSR count). The summed E-state index contributed by atoms with van der Waals surface area (Å²) >= 11 is 3.13. The molecule has 3 aromatic rings. The highest BCUT2D eigenvalue weighted by Gasteiger charge is 2.40. The van der Waals surface area contributed by atoms with Gasteiger partial charge in [0.25, 0.3) is 0 Å². The van der Waals surface area contributed by atoms with E-state index in [-0.39, 0.29) is 17.5 Å². The molecule has 34 heavy (non-hydrogen) atoms. The summed E-state index contributed by atoms with van der Waals surface area (Å²) in [5.41, 5.74) is 0.530. The summed E-state index contributed by atoms with van der Waals surface area (Å²) in [7, 11) is 0. The largest absolute Gasteiger partial charge is 0.352 e. The van der Waals surface area contributed by atoms with Crippen molar-refractivity contribution < 1.29 is 18.4 Å². The number of nitrogens with one attached hydrogen (secondary N) is 3. The van der Waals surface area contributed by atoms with Crippen molar-refractivity contribution in [3.63, 3.8) is 0 Å². The molecule has 1 saturated heterocycles. The molecule has 0 radical (unpaired) electrons. The maximum absolute atomic E-state index is 13.4. The van der Waals surface area contributed by atoms with Crippen LogP contribution in [0.3, 0.4) is 0 Å². The fourth-order valence-electron chi connectivity index (χ4n) is 4.15. The van der Waals surface area contributed by atoms with Crippen LogP contribution in [0.1, 0.15) is 18.4 Å². The molecule has 2 aromatic carbocycles. The van der Waals surface area contributed by atoms with E-state index < -0.39 is 11.4 Å². The van der Waals surface area contributed by atoms with Gasteiger partial charge < -0.3 is 20.5 Å². The Bertz CT molecular complexity index is 1230. The predicted molar refractivity (Wildman–Crippen MR) is 131 cm³/mol. The van der Waals surface area contributed by atoms with Crippen LogP contribution in [0.25, 0.3) is 17.0 Å². The normalized spacial score (nSPS) is 15.5. The fraction of sp³-hybridized carbons (Fsp3) is 0.280. The van der Waals surface area contributed by atoms with Crippen LogP contribution in [0.15, 0.2) is 59.2 Å². The van der Waals surface area contributed by atoms with E-state index in [4.69, 9.17) is 0 Å². The van der Waals surface area contributed by atoms with Crippen LogP contribution in [-0.2, 0) is 16.1 Å². The van der Waals surface area contributed by atoms with Crippen LogP contribution in [0.4, 0.5) is 8.78 Å². The molecule has 1 aromatic heterocycles. The van der Waals surface area contributed by atoms with E-state index in [1.165, 1.54) is 24.3 Å². The number of piperidine rings is 1. The lowest BCUT2D eigenvalue weighted by Crippen LogP contribution is -2.62. The van der Waals surface area contributed by atoms with Crippen LogP contribution in [0, 0.1) is 11.6 Å². The average molecular weight is 531 g/mol. The molecule has 1 fully saturated rings. The fourth-order valence-corrected chi connectivity index (χ4v) is 4.55. The number of benzene rings is 2. The number of amides is 2. The molecule has 6 nitrogen and oxygen atoms in total. The van der Waals surface area contributed by atoms with E-state index in [0.29, 0.717) is 49.1 Å². The number of halogens is 3. The Morgan fingerprint density at radius 1 is 1.12 bits per heavy atom. The molecule has 0 unspecified atom stereocenters. The summed E-state index contributed by atoms with van der Waals surface area (Å²) < 4.78 is 29.1. The standard InChI is InChI=1S/C25H25BrF2N4O2/c26-20-15-17(1-4-21(20)28)2-6-23(33)31-25(8-10-29-11-9-25)24(34)30-12-14-32-13-7-18-16-19(27)3-5-22(18)32/h1-7,13,15-16,29H,8-12,14H2,(H,30,34)(H,31,33)/b6-2+. The maximum Gasteiger partial charge on any atom is 0.245 e. The van der Waals surface area contributed by atoms with Crippen molar-refractivity contribution in [2.75, 3.05) is 19.6 Å². The molecule has 2 heterocycles. The van der Waals surface area contributed by atoms with E-state index in [1.54, 1.807) is 24.3 Å². The first-order valence-corrected chi connectivity index (χ1v) is 11.8. The molecule has 0 atom stereocenters. The second-order valence-corrected chi connectivity index (χ2v) is 9.15. The first kappa shape index (κ1) is 24.1. The van der Waals surface area contributed by atoms with E-state index in [9.17, 15) is 18.4 Å². The molecular formula is C25H25BrF2N4O2. The lowest BCUT2D eigenvalue weighted by Gasteiger charge is -2.36. The van der Waals surface area contributed by atoms with Gasteiger partial charge in [0.1, 0.15) is 17.2 Å². The Morgan fingerprint density at radius 3 is 2.68 bits per heavy atom. The maximum atomic E-state index is 13.4. The molecule has 3 N–H and O–H groups in total. The second kappa shape index (κ2) is 10.5. The molecular weight excluding hydrogens is 506 g/mol. The monoisotopic (exact) mass is 530 g/mol. The van der Waals surface area contributed by atoms with Crippen LogP contribution >= 0.6 is 15.9 Å². The second-order valence-electron chi connectivity index (χ2n) is 8.30. The van der Waals surface area contributed by atoms with Crippen molar-refractivity contribution in [2.24, 2.45) is 0 Å². The number of fused-ring (bicyclic) bond motifs is 1. The highest BCUT2D eigenvalue weighted by Crippen LogP contribution is 2.21. The van der Waals surface area contributed by atoms with Gasteiger partial charge in [-0.15, -0.1) is 0 Å². The zero-order valence-corrected chi connectivity index (χ0v) is 20.0. The number of hydrogen-bond acceptors (Lipinski definition) is 3. The Morgan fingerprint density at radius 2 is 1.91 bits per heavy atom. The Kier molecular flexibility index (Phi) is 7.43. The topological polar surface area (TPSA) is 75.2 Å². The number of nitrogens with zero attached hydrogens (tertiary/aromatic N) is 1. The number of hydrogen-bond donors (Lipinski definition) is 3. The SMILES string of the molecule is O=C(/C=C/c1ccc(F)c(Br)c1)NC1(C(=O)NCCn2ccc3cc(F)ccc32)CCNCC1. The van der Waals surface area contributed by atoms with Crippen molar-refractivity contribution in [2.45, 2.75) is 24.9 Å². The molecule has 9 heteroatoms. The van der Waals surface area contributed by atoms with Crippen molar-refractivity contribution in [1.29, 1.82) is 0 Å². The van der Waals surface area contributed by atoms with E-state index in [2.05, 4.69) is 31.9 Å². The third kappa shape index (κ3) is 5.53. The lowest BCUT2D eigenvalue weighted by molar-refractivity contribution is -0.133. The van der Waals surface area contributed by atoms with Gasteiger partial charge in [0, 0.05) is 36.3 Å². The average Bonchev–Trinajstić information content (AvgIpc) is 3.22. The molecule has 1 aliphatic heterocycles. The third-order valence-electron chi connectivity index (χ3n) is 6.00. The Balaban J connectivity index is 1.39. The quantitative estimate of drug-likeness (QED) is 0.407. The summed E-state index contributed by atoms with van der Waals surface area (Å²) in [6.45, 7) is 2.10. The van der Waals surface area contributed by atoms with Gasteiger partial charge in [-0.05, 0) is 89.9 Å². The first-order chi connectivity index (χ1) is 16.4. The predicted octanol–water partition coefficient (Wildman–Crippen LogP) is 3.75. The van der Waals surface area contributed by atoms with Crippen molar-refractivity contribution >= 4 is 44.7 Å². The molecule has 0 bridgehead atoms. The van der Waals surface area contributed by atoms with Crippen molar-refractivity contribution in [1.82, 2.24) is 20.5 Å². The van der Waals surface area contributed by atoms with E-state index >= 15 is 0 Å². The highest BCUT2D eigenvalue weighted by molar-refractivity contribution is 9.10. The minimum absolute atomic E-state index is 0.234. The minimum Gasteiger partial charge on any atom is -0.352 e. The molecule has 0 aliphatic carbocycles. The minimum atomic E-state index is -1.02. The van der Waals surface area contributed by atoms with Gasteiger partial charge in [0.15, 0.2) is 0 Å². The van der Waals surface area contributed by atoms with Crippen molar-refractivity contribution in [3.8, 4) is 0 Å². The molecule has 2 amide bonds. The number of aromatic nitrogens is 1. The van der Waals surface area contributed by atoms with Crippen LogP contribution in [0.2, 0.25) is 0 Å². The molecule has 0 spiro atoms. The summed E-state index contributed by atoms with van der Waals surface area (Å²) in [5, 5.41) is 9.86. The van der Waals surface area contributed by atoms with Crippen LogP contribution < -0.4 is 16.0 Å². The molecule has 0 saturated carbocycles. The van der Waals surface area contributed by atoms with Crippen LogP contribution in [-0.4, -0.2) is 41.6 Å². The number of rotatable bonds is 7. The van der Waals surface area contributed by atoms with Gasteiger partial charge in [0.2, 0.25) is 11.8 Å². The zero-order chi connectivity index (χ0) is 24.1. The molecule has 178 valence electrons.